The second-order valence-electron chi connectivity index (χ2n) is 11.3. The number of Topliss-reactive ketones (excluding diaryl/α,β-unsaturated/α-hetero) is 1. The van der Waals surface area contributed by atoms with Gasteiger partial charge in [0.1, 0.15) is 16.8 Å². The van der Waals surface area contributed by atoms with Gasteiger partial charge in [-0.1, -0.05) is 42.5 Å². The Morgan fingerprint density at radius 1 is 1.08 bits per heavy atom. The number of carbonyl (C=O) groups excluding carboxylic acids is 3. The average molecular weight is 551 g/mol. The van der Waals surface area contributed by atoms with Crippen LogP contribution in [0, 0.1) is 5.92 Å². The molecule has 37 heavy (non-hydrogen) atoms. The average Bonchev–Trinajstić information content (AvgIpc) is 3.38. The van der Waals surface area contributed by atoms with E-state index in [1.165, 1.54) is 6.92 Å². The number of nitrogens with one attached hydrogen (secondary N) is 1. The van der Waals surface area contributed by atoms with Gasteiger partial charge in [-0.2, -0.15) is 0 Å². The van der Waals surface area contributed by atoms with Gasteiger partial charge in [0, 0.05) is 29.5 Å². The van der Waals surface area contributed by atoms with E-state index in [-0.39, 0.29) is 23.7 Å². The molecule has 2 heterocycles. The zero-order valence-corrected chi connectivity index (χ0v) is 23.6. The van der Waals surface area contributed by atoms with E-state index in [2.05, 4.69) is 5.32 Å². The van der Waals surface area contributed by atoms with Gasteiger partial charge in [0.2, 0.25) is 5.91 Å². The fourth-order valence-electron chi connectivity index (χ4n) is 5.80. The molecule has 0 radical (unpaired) electrons. The molecule has 1 saturated heterocycles. The van der Waals surface area contributed by atoms with Crippen LogP contribution in [0.25, 0.3) is 10.9 Å². The summed E-state index contributed by atoms with van der Waals surface area (Å²) in [6.45, 7) is 8.01. The lowest BCUT2D eigenvalue weighted by atomic mass is 9.83. The Hall–Kier alpha value is -2.25. The minimum absolute atomic E-state index is 0.0670. The number of hydrogen-bond acceptors (Lipinski definition) is 4. The molecule has 0 bridgehead atoms. The van der Waals surface area contributed by atoms with Crippen LogP contribution < -0.4 is 5.32 Å². The molecule has 0 spiro atoms. The summed E-state index contributed by atoms with van der Waals surface area (Å²) >= 11 is 13.0. The van der Waals surface area contributed by atoms with Crippen LogP contribution in [-0.2, 0) is 16.1 Å². The Kier molecular flexibility index (Phi) is 8.44. The van der Waals surface area contributed by atoms with Crippen molar-refractivity contribution >= 4 is 51.9 Å². The number of hydrogen-bond donors (Lipinski definition) is 1. The van der Waals surface area contributed by atoms with Crippen LogP contribution in [0.2, 0.25) is 10.2 Å². The molecule has 1 aromatic carbocycles. The molecule has 1 saturated carbocycles. The Bertz CT molecular complexity index is 1180. The normalized spacial score (nSPS) is 19.7. The molecule has 2 atom stereocenters. The van der Waals surface area contributed by atoms with Crippen molar-refractivity contribution in [2.75, 3.05) is 6.54 Å². The molecular formula is C28H37Cl2N3O4. The van der Waals surface area contributed by atoms with Crippen molar-refractivity contribution in [1.29, 1.82) is 0 Å². The highest BCUT2D eigenvalue weighted by molar-refractivity contribution is 6.36. The number of nitrogens with zero attached hydrogens (tertiary/aromatic N) is 2. The molecule has 2 amide bonds. The smallest absolute Gasteiger partial charge is 0.408 e. The van der Waals surface area contributed by atoms with E-state index in [0.717, 1.165) is 50.5 Å². The van der Waals surface area contributed by atoms with Gasteiger partial charge in [0.25, 0.3) is 0 Å². The highest BCUT2D eigenvalue weighted by Gasteiger charge is 2.39. The third kappa shape index (κ3) is 6.26. The van der Waals surface area contributed by atoms with Crippen molar-refractivity contribution in [3.8, 4) is 0 Å². The number of fused-ring (bicyclic) bond motifs is 1. The molecule has 202 valence electrons. The molecule has 1 aliphatic heterocycles. The van der Waals surface area contributed by atoms with E-state index in [4.69, 9.17) is 27.9 Å². The number of carbonyl (C=O) groups is 3. The highest BCUT2D eigenvalue weighted by Crippen LogP contribution is 2.35. The van der Waals surface area contributed by atoms with Crippen molar-refractivity contribution in [3.05, 3.63) is 33.9 Å². The van der Waals surface area contributed by atoms with Crippen LogP contribution >= 0.6 is 23.2 Å². The molecule has 7 nitrogen and oxygen atoms in total. The standard InChI is InChI=1S/C28H37Cl2N3O4/c1-17(34)23-21-15-19(29)12-13-22(21)33(25(23)30)16-20-11-8-14-32(20)26(35)24(18-9-6-5-7-10-18)31-27(36)37-28(2,3)4/h12-13,15,18,20,24H,5-11,14,16H2,1-4H3,(H,31,36)/t20-,24-/m0/s1. The number of likely N-dealkylation sites (tertiary alicyclic amines) is 1. The van der Waals surface area contributed by atoms with Crippen molar-refractivity contribution in [3.63, 3.8) is 0 Å². The molecule has 4 rings (SSSR count). The van der Waals surface area contributed by atoms with Crippen LogP contribution in [0.3, 0.4) is 0 Å². The monoisotopic (exact) mass is 549 g/mol. The predicted octanol–water partition coefficient (Wildman–Crippen LogP) is 6.62. The highest BCUT2D eigenvalue weighted by atomic mass is 35.5. The van der Waals surface area contributed by atoms with Gasteiger partial charge >= 0.3 is 6.09 Å². The van der Waals surface area contributed by atoms with Gasteiger partial charge in [-0.3, -0.25) is 9.59 Å². The summed E-state index contributed by atoms with van der Waals surface area (Å²) in [5.74, 6) is -0.116. The number of aromatic nitrogens is 1. The van der Waals surface area contributed by atoms with Crippen molar-refractivity contribution < 1.29 is 19.1 Å². The zero-order chi connectivity index (χ0) is 26.9. The SMILES string of the molecule is CC(=O)c1c(Cl)n(C[C@@H]2CCCN2C(=O)[C@@H](NC(=O)OC(C)(C)C)C2CCCCC2)c2ccc(Cl)cc12. The number of amides is 2. The Balaban J connectivity index is 1.61. The van der Waals surface area contributed by atoms with Gasteiger partial charge in [0.05, 0.1) is 11.1 Å². The van der Waals surface area contributed by atoms with E-state index in [1.54, 1.807) is 12.1 Å². The molecular weight excluding hydrogens is 513 g/mol. The van der Waals surface area contributed by atoms with Crippen molar-refractivity contribution in [2.24, 2.45) is 5.92 Å². The lowest BCUT2D eigenvalue weighted by molar-refractivity contribution is -0.136. The topological polar surface area (TPSA) is 80.6 Å². The lowest BCUT2D eigenvalue weighted by Crippen LogP contribution is -2.55. The summed E-state index contributed by atoms with van der Waals surface area (Å²) in [6.07, 6.45) is 6.18. The Morgan fingerprint density at radius 2 is 1.78 bits per heavy atom. The summed E-state index contributed by atoms with van der Waals surface area (Å²) in [5, 5.41) is 4.53. The summed E-state index contributed by atoms with van der Waals surface area (Å²) in [4.78, 5) is 41.0. The van der Waals surface area contributed by atoms with Crippen LogP contribution in [0.15, 0.2) is 18.2 Å². The summed E-state index contributed by atoms with van der Waals surface area (Å²) in [7, 11) is 0. The fraction of sp³-hybridized carbons (Fsp3) is 0.607. The number of halogens is 2. The van der Waals surface area contributed by atoms with E-state index < -0.39 is 17.7 Å². The van der Waals surface area contributed by atoms with Gasteiger partial charge in [-0.15, -0.1) is 0 Å². The summed E-state index contributed by atoms with van der Waals surface area (Å²) in [6, 6.07) is 4.67. The lowest BCUT2D eigenvalue weighted by Gasteiger charge is -2.35. The van der Waals surface area contributed by atoms with E-state index in [1.807, 2.05) is 36.3 Å². The Morgan fingerprint density at radius 3 is 2.43 bits per heavy atom. The first kappa shape index (κ1) is 27.8. The van der Waals surface area contributed by atoms with E-state index in [0.29, 0.717) is 34.2 Å². The third-order valence-electron chi connectivity index (χ3n) is 7.43. The zero-order valence-electron chi connectivity index (χ0n) is 22.1. The van der Waals surface area contributed by atoms with Gasteiger partial charge in [-0.05, 0) is 77.5 Å². The maximum absolute atomic E-state index is 14.0. The minimum atomic E-state index is -0.649. The molecule has 0 unspecified atom stereocenters. The maximum atomic E-state index is 14.0. The predicted molar refractivity (Wildman–Crippen MR) is 146 cm³/mol. The van der Waals surface area contributed by atoms with Crippen molar-refractivity contribution in [1.82, 2.24) is 14.8 Å². The number of rotatable bonds is 6. The molecule has 1 aromatic heterocycles. The molecule has 1 aliphatic carbocycles. The quantitative estimate of drug-likeness (QED) is 0.410. The number of ketones is 1. The van der Waals surface area contributed by atoms with E-state index >= 15 is 0 Å². The van der Waals surface area contributed by atoms with Crippen LogP contribution in [-0.4, -0.2) is 51.5 Å². The summed E-state index contributed by atoms with van der Waals surface area (Å²) < 4.78 is 7.42. The minimum Gasteiger partial charge on any atom is -0.444 e. The largest absolute Gasteiger partial charge is 0.444 e. The molecule has 2 aliphatic rings. The maximum Gasteiger partial charge on any atom is 0.408 e. The molecule has 2 aromatic rings. The van der Waals surface area contributed by atoms with Crippen LogP contribution in [0.4, 0.5) is 4.79 Å². The number of benzene rings is 1. The second-order valence-corrected chi connectivity index (χ2v) is 12.1. The third-order valence-corrected chi connectivity index (χ3v) is 8.06. The van der Waals surface area contributed by atoms with Crippen molar-refractivity contribution in [2.45, 2.75) is 96.9 Å². The number of alkyl carbamates (subject to hydrolysis) is 1. The molecule has 9 heteroatoms. The molecule has 2 fully saturated rings. The Labute approximate surface area is 228 Å². The van der Waals surface area contributed by atoms with Gasteiger partial charge in [-0.25, -0.2) is 4.79 Å². The first-order valence-electron chi connectivity index (χ1n) is 13.2. The van der Waals surface area contributed by atoms with Crippen LogP contribution in [0.5, 0.6) is 0 Å². The number of ether oxygens (including phenoxy) is 1. The second kappa shape index (κ2) is 11.2. The first-order valence-corrected chi connectivity index (χ1v) is 14.0. The van der Waals surface area contributed by atoms with E-state index in [9.17, 15) is 14.4 Å². The van der Waals surface area contributed by atoms with Crippen LogP contribution in [0.1, 0.15) is 83.0 Å². The first-order chi connectivity index (χ1) is 17.5. The van der Waals surface area contributed by atoms with Gasteiger partial charge in [0.15, 0.2) is 5.78 Å². The van der Waals surface area contributed by atoms with Gasteiger partial charge < -0.3 is 19.5 Å². The summed E-state index contributed by atoms with van der Waals surface area (Å²) in [5.41, 5.74) is 0.612. The molecule has 1 N–H and O–H groups in total. The fourth-order valence-corrected chi connectivity index (χ4v) is 6.36.